The Kier molecular flexibility index (Phi) is 6.14. The monoisotopic (exact) mass is 373 g/mol. The highest BCUT2D eigenvalue weighted by atomic mass is 32.1. The van der Waals surface area contributed by atoms with Crippen molar-refractivity contribution in [2.45, 2.75) is 26.2 Å². The molecule has 7 heteroatoms. The minimum absolute atomic E-state index is 0.0718. The number of aryl methyl sites for hydroxylation is 1. The van der Waals surface area contributed by atoms with Gasteiger partial charge in [-0.25, -0.2) is 0 Å². The Morgan fingerprint density at radius 2 is 2.04 bits per heavy atom. The summed E-state index contributed by atoms with van der Waals surface area (Å²) in [4.78, 5) is 13.0. The van der Waals surface area contributed by atoms with E-state index < -0.39 is 0 Å². The van der Waals surface area contributed by atoms with Gasteiger partial charge in [-0.15, -0.1) is 21.5 Å². The van der Waals surface area contributed by atoms with Crippen LogP contribution in [0.3, 0.4) is 0 Å². The molecule has 0 saturated carbocycles. The number of benzene rings is 1. The van der Waals surface area contributed by atoms with Crippen molar-refractivity contribution in [2.24, 2.45) is 0 Å². The Bertz CT molecular complexity index is 798. The highest BCUT2D eigenvalue weighted by Gasteiger charge is 2.09. The zero-order chi connectivity index (χ0) is 17.5. The molecule has 0 radical (unpaired) electrons. The van der Waals surface area contributed by atoms with Gasteiger partial charge in [-0.05, 0) is 35.6 Å². The molecule has 130 valence electrons. The molecule has 0 spiro atoms. The SMILES string of the molecule is CCc1ccc(OCCc2nnc(NC(=O)Cc3cccs3)s2)cc1. The Labute approximate surface area is 154 Å². The molecular formula is C18H19N3O2S2. The number of nitrogens with zero attached hydrogens (tertiary/aromatic N) is 2. The van der Waals surface area contributed by atoms with Crippen LogP contribution in [0.2, 0.25) is 0 Å². The van der Waals surface area contributed by atoms with Gasteiger partial charge in [0.25, 0.3) is 0 Å². The topological polar surface area (TPSA) is 64.1 Å². The summed E-state index contributed by atoms with van der Waals surface area (Å²) in [5.41, 5.74) is 1.29. The van der Waals surface area contributed by atoms with Crippen molar-refractivity contribution in [3.8, 4) is 5.75 Å². The van der Waals surface area contributed by atoms with Crippen LogP contribution in [0.15, 0.2) is 41.8 Å². The molecule has 0 aliphatic rings. The van der Waals surface area contributed by atoms with Crippen LogP contribution >= 0.6 is 22.7 Å². The summed E-state index contributed by atoms with van der Waals surface area (Å²) in [7, 11) is 0. The maximum Gasteiger partial charge on any atom is 0.231 e. The molecule has 0 atom stereocenters. The van der Waals surface area contributed by atoms with Crippen molar-refractivity contribution in [2.75, 3.05) is 11.9 Å². The number of thiophene rings is 1. The van der Waals surface area contributed by atoms with Gasteiger partial charge in [0.05, 0.1) is 13.0 Å². The molecule has 0 fully saturated rings. The van der Waals surface area contributed by atoms with E-state index in [1.807, 2.05) is 29.6 Å². The van der Waals surface area contributed by atoms with Crippen LogP contribution in [-0.2, 0) is 24.1 Å². The summed E-state index contributed by atoms with van der Waals surface area (Å²) in [5, 5.41) is 14.2. The molecule has 0 unspecified atom stereocenters. The first-order valence-electron chi connectivity index (χ1n) is 8.09. The van der Waals surface area contributed by atoms with Crippen molar-refractivity contribution >= 4 is 33.7 Å². The molecule has 1 aromatic carbocycles. The van der Waals surface area contributed by atoms with Crippen LogP contribution in [0.25, 0.3) is 0 Å². The Morgan fingerprint density at radius 1 is 1.20 bits per heavy atom. The van der Waals surface area contributed by atoms with Gasteiger partial charge in [0.1, 0.15) is 10.8 Å². The summed E-state index contributed by atoms with van der Waals surface area (Å²) >= 11 is 2.95. The lowest BCUT2D eigenvalue weighted by Crippen LogP contribution is -2.13. The van der Waals surface area contributed by atoms with Gasteiger partial charge in [-0.3, -0.25) is 4.79 Å². The summed E-state index contributed by atoms with van der Waals surface area (Å²) in [6, 6.07) is 12.0. The van der Waals surface area contributed by atoms with E-state index in [4.69, 9.17) is 4.74 Å². The summed E-state index contributed by atoms with van der Waals surface area (Å²) < 4.78 is 5.72. The minimum Gasteiger partial charge on any atom is -0.493 e. The second-order valence-electron chi connectivity index (χ2n) is 5.40. The van der Waals surface area contributed by atoms with E-state index in [-0.39, 0.29) is 5.91 Å². The van der Waals surface area contributed by atoms with Gasteiger partial charge < -0.3 is 10.1 Å². The Balaban J connectivity index is 1.44. The zero-order valence-corrected chi connectivity index (χ0v) is 15.5. The van der Waals surface area contributed by atoms with Crippen molar-refractivity contribution in [3.05, 3.63) is 57.2 Å². The molecule has 3 rings (SSSR count). The maximum atomic E-state index is 12.0. The van der Waals surface area contributed by atoms with E-state index in [0.717, 1.165) is 22.1 Å². The van der Waals surface area contributed by atoms with Crippen molar-refractivity contribution in [1.82, 2.24) is 10.2 Å². The molecule has 0 aliphatic carbocycles. The summed E-state index contributed by atoms with van der Waals surface area (Å²) in [5.74, 6) is 0.781. The second kappa shape index (κ2) is 8.73. The van der Waals surface area contributed by atoms with E-state index in [1.165, 1.54) is 16.9 Å². The summed E-state index contributed by atoms with van der Waals surface area (Å²) in [6.07, 6.45) is 2.05. The van der Waals surface area contributed by atoms with Crippen LogP contribution < -0.4 is 10.1 Å². The first-order chi connectivity index (χ1) is 12.2. The molecule has 0 aliphatic heterocycles. The standard InChI is InChI=1S/C18H19N3O2S2/c1-2-13-5-7-14(8-6-13)23-10-9-17-20-21-18(25-17)19-16(22)12-15-4-3-11-24-15/h3-8,11H,2,9-10,12H2,1H3,(H,19,21,22). The zero-order valence-electron chi connectivity index (χ0n) is 13.9. The molecule has 2 aromatic heterocycles. The fourth-order valence-corrected chi connectivity index (χ4v) is 3.66. The van der Waals surface area contributed by atoms with E-state index in [9.17, 15) is 4.79 Å². The fourth-order valence-electron chi connectivity index (χ4n) is 2.22. The first-order valence-corrected chi connectivity index (χ1v) is 9.79. The molecule has 1 N–H and O–H groups in total. The van der Waals surface area contributed by atoms with Crippen LogP contribution in [0.5, 0.6) is 5.75 Å². The van der Waals surface area contributed by atoms with Gasteiger partial charge in [0, 0.05) is 11.3 Å². The predicted molar refractivity (Wildman–Crippen MR) is 102 cm³/mol. The highest BCUT2D eigenvalue weighted by molar-refractivity contribution is 7.15. The highest BCUT2D eigenvalue weighted by Crippen LogP contribution is 2.18. The van der Waals surface area contributed by atoms with Gasteiger partial charge in [0.2, 0.25) is 11.0 Å². The molecule has 5 nitrogen and oxygen atoms in total. The third kappa shape index (κ3) is 5.37. The second-order valence-corrected chi connectivity index (χ2v) is 7.50. The lowest BCUT2D eigenvalue weighted by atomic mass is 10.2. The van der Waals surface area contributed by atoms with Gasteiger partial charge in [-0.1, -0.05) is 36.5 Å². The van der Waals surface area contributed by atoms with Crippen LogP contribution in [-0.4, -0.2) is 22.7 Å². The number of hydrogen-bond donors (Lipinski definition) is 1. The van der Waals surface area contributed by atoms with Gasteiger partial charge in [0.15, 0.2) is 0 Å². The van der Waals surface area contributed by atoms with E-state index in [0.29, 0.717) is 24.6 Å². The largest absolute Gasteiger partial charge is 0.493 e. The number of nitrogens with one attached hydrogen (secondary N) is 1. The maximum absolute atomic E-state index is 12.0. The van der Waals surface area contributed by atoms with E-state index in [2.05, 4.69) is 34.6 Å². The number of rotatable bonds is 8. The van der Waals surface area contributed by atoms with Crippen LogP contribution in [0.4, 0.5) is 5.13 Å². The third-order valence-electron chi connectivity index (χ3n) is 3.54. The molecule has 0 bridgehead atoms. The number of carbonyl (C=O) groups is 1. The lowest BCUT2D eigenvalue weighted by molar-refractivity contribution is -0.115. The van der Waals surface area contributed by atoms with Crippen LogP contribution in [0, 0.1) is 0 Å². The van der Waals surface area contributed by atoms with E-state index >= 15 is 0 Å². The molecule has 0 saturated heterocycles. The predicted octanol–water partition coefficient (Wildman–Crippen LogP) is 3.96. The average molecular weight is 374 g/mol. The molecule has 25 heavy (non-hydrogen) atoms. The number of hydrogen-bond acceptors (Lipinski definition) is 6. The molecule has 2 heterocycles. The van der Waals surface area contributed by atoms with E-state index in [1.54, 1.807) is 11.3 Å². The summed E-state index contributed by atoms with van der Waals surface area (Å²) in [6.45, 7) is 2.66. The molecule has 3 aromatic rings. The fraction of sp³-hybridized carbons (Fsp3) is 0.278. The number of ether oxygens (including phenoxy) is 1. The average Bonchev–Trinajstić information content (AvgIpc) is 3.28. The Hall–Kier alpha value is -2.25. The Morgan fingerprint density at radius 3 is 2.76 bits per heavy atom. The normalized spacial score (nSPS) is 10.6. The number of aromatic nitrogens is 2. The molecular weight excluding hydrogens is 354 g/mol. The third-order valence-corrected chi connectivity index (χ3v) is 5.32. The van der Waals surface area contributed by atoms with Crippen molar-refractivity contribution < 1.29 is 9.53 Å². The number of carbonyl (C=O) groups excluding carboxylic acids is 1. The number of anilines is 1. The quantitative estimate of drug-likeness (QED) is 0.649. The van der Waals surface area contributed by atoms with Crippen LogP contribution in [0.1, 0.15) is 22.4 Å². The first kappa shape index (κ1) is 17.6. The molecule has 1 amide bonds. The smallest absolute Gasteiger partial charge is 0.231 e. The lowest BCUT2D eigenvalue weighted by Gasteiger charge is -2.05. The van der Waals surface area contributed by atoms with Crippen molar-refractivity contribution in [1.29, 1.82) is 0 Å². The minimum atomic E-state index is -0.0718. The van der Waals surface area contributed by atoms with Crippen molar-refractivity contribution in [3.63, 3.8) is 0 Å². The number of amides is 1. The van der Waals surface area contributed by atoms with Gasteiger partial charge in [-0.2, -0.15) is 0 Å². The van der Waals surface area contributed by atoms with Gasteiger partial charge >= 0.3 is 0 Å².